The zero-order chi connectivity index (χ0) is 20.1. The smallest absolute Gasteiger partial charge is 0.269 e. The quantitative estimate of drug-likeness (QED) is 0.801. The molecule has 4 rings (SSSR count). The summed E-state index contributed by atoms with van der Waals surface area (Å²) in [6, 6.07) is 17.4. The van der Waals surface area contributed by atoms with Crippen molar-refractivity contribution >= 4 is 23.2 Å². The summed E-state index contributed by atoms with van der Waals surface area (Å²) < 4.78 is 0. The van der Waals surface area contributed by atoms with Crippen LogP contribution in [-0.4, -0.2) is 23.7 Å². The molecule has 2 N–H and O–H groups in total. The van der Waals surface area contributed by atoms with Gasteiger partial charge in [0.2, 0.25) is 12.1 Å². The molecule has 1 atom stereocenters. The van der Waals surface area contributed by atoms with E-state index in [4.69, 9.17) is 0 Å². The van der Waals surface area contributed by atoms with Gasteiger partial charge in [-0.15, -0.1) is 0 Å². The molecule has 5 nitrogen and oxygen atoms in total. The van der Waals surface area contributed by atoms with Crippen molar-refractivity contribution in [2.45, 2.75) is 51.1 Å². The lowest BCUT2D eigenvalue weighted by Gasteiger charge is -2.21. The number of nitrogens with zero attached hydrogens (tertiary/aromatic N) is 1. The van der Waals surface area contributed by atoms with E-state index in [1.54, 1.807) is 0 Å². The molecule has 1 aliphatic carbocycles. The maximum Gasteiger partial charge on any atom is 0.269 e. The highest BCUT2D eigenvalue weighted by atomic mass is 16.2. The van der Waals surface area contributed by atoms with Crippen molar-refractivity contribution in [2.75, 3.05) is 5.32 Å². The molecule has 0 saturated heterocycles. The topological polar surface area (TPSA) is 70.6 Å². The van der Waals surface area contributed by atoms with Crippen molar-refractivity contribution in [3.05, 3.63) is 65.7 Å². The van der Waals surface area contributed by atoms with Crippen LogP contribution < -0.4 is 10.6 Å². The Bertz CT molecular complexity index is 901. The first kappa shape index (κ1) is 19.4. The van der Waals surface area contributed by atoms with Gasteiger partial charge in [0.05, 0.1) is 11.4 Å². The van der Waals surface area contributed by atoms with Crippen LogP contribution in [0.25, 0.3) is 0 Å². The highest BCUT2D eigenvalue weighted by molar-refractivity contribution is 6.19. The fourth-order valence-corrected chi connectivity index (χ4v) is 4.22. The molecule has 2 aromatic rings. The molecule has 29 heavy (non-hydrogen) atoms. The summed E-state index contributed by atoms with van der Waals surface area (Å²) in [5.41, 5.74) is 3.18. The number of hydrogen-bond acceptors (Lipinski definition) is 3. The summed E-state index contributed by atoms with van der Waals surface area (Å²) >= 11 is 0. The Morgan fingerprint density at radius 3 is 2.52 bits per heavy atom. The highest BCUT2D eigenvalue weighted by Crippen LogP contribution is 2.27. The van der Waals surface area contributed by atoms with Crippen LogP contribution in [0.5, 0.6) is 0 Å². The van der Waals surface area contributed by atoms with Crippen LogP contribution >= 0.6 is 0 Å². The third-order valence-electron chi connectivity index (χ3n) is 5.80. The number of amides is 2. The van der Waals surface area contributed by atoms with Crippen molar-refractivity contribution in [2.24, 2.45) is 10.9 Å². The molecule has 5 heteroatoms. The van der Waals surface area contributed by atoms with Gasteiger partial charge in [-0.2, -0.15) is 0 Å². The molecule has 0 bridgehead atoms. The number of anilines is 1. The van der Waals surface area contributed by atoms with E-state index in [0.717, 1.165) is 17.5 Å². The number of hydrogen-bond donors (Lipinski definition) is 2. The second-order valence-electron chi connectivity index (χ2n) is 7.89. The Balaban J connectivity index is 1.53. The van der Waals surface area contributed by atoms with Crippen LogP contribution in [0, 0.1) is 5.92 Å². The Labute approximate surface area is 171 Å². The summed E-state index contributed by atoms with van der Waals surface area (Å²) in [6.45, 7) is 0. The lowest BCUT2D eigenvalue weighted by atomic mass is 9.86. The maximum atomic E-state index is 12.8. The first-order valence-corrected chi connectivity index (χ1v) is 10.5. The van der Waals surface area contributed by atoms with Crippen molar-refractivity contribution < 1.29 is 9.59 Å². The normalized spacial score (nSPS) is 19.5. The average Bonchev–Trinajstić information content (AvgIpc) is 2.90. The van der Waals surface area contributed by atoms with Crippen LogP contribution in [0.3, 0.4) is 0 Å². The number of rotatable bonds is 5. The Hall–Kier alpha value is -2.95. The zero-order valence-corrected chi connectivity index (χ0v) is 16.6. The second-order valence-corrected chi connectivity index (χ2v) is 7.89. The molecule has 150 valence electrons. The van der Waals surface area contributed by atoms with Gasteiger partial charge in [-0.25, -0.2) is 4.99 Å². The predicted octanol–water partition coefficient (Wildman–Crippen LogP) is 4.28. The van der Waals surface area contributed by atoms with Gasteiger partial charge in [-0.3, -0.25) is 9.59 Å². The van der Waals surface area contributed by atoms with E-state index in [2.05, 4.69) is 15.6 Å². The van der Waals surface area contributed by atoms with Crippen molar-refractivity contribution in [1.82, 2.24) is 5.32 Å². The molecule has 0 spiro atoms. The fraction of sp³-hybridized carbons (Fsp3) is 0.375. The van der Waals surface area contributed by atoms with E-state index in [0.29, 0.717) is 23.7 Å². The summed E-state index contributed by atoms with van der Waals surface area (Å²) in [5, 5.41) is 5.76. The third kappa shape index (κ3) is 4.73. The molecule has 2 amide bonds. The Morgan fingerprint density at radius 1 is 1.00 bits per heavy atom. The molecular weight excluding hydrogens is 362 g/mol. The molecule has 2 aromatic carbocycles. The minimum Gasteiger partial charge on any atom is -0.327 e. The lowest BCUT2D eigenvalue weighted by molar-refractivity contribution is -0.126. The molecule has 2 aliphatic rings. The monoisotopic (exact) mass is 389 g/mol. The number of carbonyl (C=O) groups excluding carboxylic acids is 2. The average molecular weight is 389 g/mol. The summed E-state index contributed by atoms with van der Waals surface area (Å²) in [7, 11) is 0. The summed E-state index contributed by atoms with van der Waals surface area (Å²) in [5.74, 6) is 0.206. The predicted molar refractivity (Wildman–Crippen MR) is 115 cm³/mol. The molecule has 0 unspecified atom stereocenters. The molecule has 1 aliphatic heterocycles. The van der Waals surface area contributed by atoms with Gasteiger partial charge < -0.3 is 10.6 Å². The SMILES string of the molecule is O=C(CCC1CCCCC1)N[C@@H]1N=C(c2ccccc2)c2ccccc2NC1=O. The van der Waals surface area contributed by atoms with Crippen LogP contribution in [0.2, 0.25) is 0 Å². The number of benzodiazepines with no additional fused rings is 1. The minimum absolute atomic E-state index is 0.113. The van der Waals surface area contributed by atoms with Crippen LogP contribution in [-0.2, 0) is 9.59 Å². The van der Waals surface area contributed by atoms with E-state index >= 15 is 0 Å². The van der Waals surface area contributed by atoms with Crippen molar-refractivity contribution in [3.8, 4) is 0 Å². The van der Waals surface area contributed by atoms with Gasteiger partial charge in [0, 0.05) is 17.5 Å². The standard InChI is InChI=1S/C24H27N3O2/c28-21(16-15-17-9-3-1-4-10-17)26-23-24(29)25-20-14-8-7-13-19(20)22(27-23)18-11-5-2-6-12-18/h2,5-8,11-14,17,23H,1,3-4,9-10,15-16H2,(H,25,29)(H,26,28)/t23-/m1/s1. The fourth-order valence-electron chi connectivity index (χ4n) is 4.22. The van der Waals surface area contributed by atoms with Gasteiger partial charge in [0.1, 0.15) is 0 Å². The first-order valence-electron chi connectivity index (χ1n) is 10.5. The van der Waals surface area contributed by atoms with Crippen LogP contribution in [0.1, 0.15) is 56.1 Å². The number of carbonyl (C=O) groups is 2. The van der Waals surface area contributed by atoms with Crippen molar-refractivity contribution in [3.63, 3.8) is 0 Å². The van der Waals surface area contributed by atoms with E-state index in [1.165, 1.54) is 32.1 Å². The van der Waals surface area contributed by atoms with Gasteiger partial charge in [0.15, 0.2) is 0 Å². The zero-order valence-electron chi connectivity index (χ0n) is 16.6. The van der Waals surface area contributed by atoms with Crippen LogP contribution in [0.15, 0.2) is 59.6 Å². The number of fused-ring (bicyclic) bond motifs is 1. The van der Waals surface area contributed by atoms with E-state index in [-0.39, 0.29) is 11.8 Å². The van der Waals surface area contributed by atoms with Gasteiger partial charge in [0.25, 0.3) is 5.91 Å². The molecule has 0 radical (unpaired) electrons. The third-order valence-corrected chi connectivity index (χ3v) is 5.80. The minimum atomic E-state index is -0.934. The lowest BCUT2D eigenvalue weighted by Crippen LogP contribution is -2.42. The molecule has 1 heterocycles. The van der Waals surface area contributed by atoms with E-state index in [1.807, 2.05) is 54.6 Å². The van der Waals surface area contributed by atoms with Gasteiger partial charge in [-0.05, 0) is 18.4 Å². The maximum absolute atomic E-state index is 12.8. The van der Waals surface area contributed by atoms with E-state index in [9.17, 15) is 9.59 Å². The number of nitrogens with one attached hydrogen (secondary N) is 2. The molecule has 1 saturated carbocycles. The number of benzene rings is 2. The second kappa shape index (κ2) is 9.03. The van der Waals surface area contributed by atoms with E-state index < -0.39 is 6.17 Å². The molecular formula is C24H27N3O2. The number of para-hydroxylation sites is 1. The Kier molecular flexibility index (Phi) is 6.03. The molecule has 0 aromatic heterocycles. The number of aliphatic imine (C=N–C) groups is 1. The van der Waals surface area contributed by atoms with Gasteiger partial charge in [-0.1, -0.05) is 80.6 Å². The summed E-state index contributed by atoms with van der Waals surface area (Å²) in [4.78, 5) is 30.0. The summed E-state index contributed by atoms with van der Waals surface area (Å²) in [6.07, 6.45) is 6.65. The van der Waals surface area contributed by atoms with Crippen molar-refractivity contribution in [1.29, 1.82) is 0 Å². The van der Waals surface area contributed by atoms with Crippen LogP contribution in [0.4, 0.5) is 5.69 Å². The largest absolute Gasteiger partial charge is 0.327 e. The first-order chi connectivity index (χ1) is 14.2. The molecule has 1 fully saturated rings. The Morgan fingerprint density at radius 2 is 1.72 bits per heavy atom. The van der Waals surface area contributed by atoms with Gasteiger partial charge >= 0.3 is 0 Å². The highest BCUT2D eigenvalue weighted by Gasteiger charge is 2.27.